The zero-order chi connectivity index (χ0) is 25.7. The molecule has 0 heterocycles. The Balaban J connectivity index is 3.81. The van der Waals surface area contributed by atoms with Crippen molar-refractivity contribution in [1.82, 2.24) is 0 Å². The fraction of sp³-hybridized carbons (Fsp3) is 0.960. The van der Waals surface area contributed by atoms with E-state index < -0.39 is 19.9 Å². The van der Waals surface area contributed by atoms with Crippen molar-refractivity contribution in [2.24, 2.45) is 0 Å². The van der Waals surface area contributed by atoms with E-state index in [-0.39, 0.29) is 19.8 Å². The minimum atomic E-state index is -4.21. The van der Waals surface area contributed by atoms with Crippen molar-refractivity contribution in [3.8, 4) is 0 Å². The second kappa shape index (κ2) is 20.7. The molecule has 0 saturated heterocycles. The standard InChI is InChI=1S/C25H52NO7P/c1-6-7-8-9-10-11-12-13-14-15-16-17-18-20-30-22-25(33-24(2)27)23-32-34(28,29)31-21-19-26(3,4)5/h25H,6-23H2,1-5H3/p+1/t25-/m1/s1. The summed E-state index contributed by atoms with van der Waals surface area (Å²) in [6.45, 7) is 4.62. The number of quaternary nitrogens is 1. The Morgan fingerprint density at radius 1 is 0.794 bits per heavy atom. The smallest absolute Gasteiger partial charge is 0.458 e. The number of ether oxygens (including phenoxy) is 2. The van der Waals surface area contributed by atoms with E-state index in [2.05, 4.69) is 6.92 Å². The largest absolute Gasteiger partial charge is 0.472 e. The molecule has 0 aliphatic heterocycles. The van der Waals surface area contributed by atoms with Gasteiger partial charge in [-0.25, -0.2) is 4.57 Å². The molecule has 2 atom stereocenters. The van der Waals surface area contributed by atoms with Crippen LogP contribution in [0.4, 0.5) is 0 Å². The molecule has 9 heteroatoms. The number of likely N-dealkylation sites (N-methyl/N-ethyl adjacent to an activating group) is 1. The summed E-state index contributed by atoms with van der Waals surface area (Å²) >= 11 is 0. The van der Waals surface area contributed by atoms with Gasteiger partial charge in [0, 0.05) is 13.5 Å². The monoisotopic (exact) mass is 510 g/mol. The van der Waals surface area contributed by atoms with Crippen LogP contribution in [0.2, 0.25) is 0 Å². The van der Waals surface area contributed by atoms with Gasteiger partial charge in [-0.3, -0.25) is 13.8 Å². The number of phosphoric ester groups is 1. The molecule has 0 amide bonds. The third-order valence-corrected chi connectivity index (χ3v) is 6.45. The van der Waals surface area contributed by atoms with Gasteiger partial charge >= 0.3 is 13.8 Å². The van der Waals surface area contributed by atoms with E-state index in [0.29, 0.717) is 17.6 Å². The number of unbranched alkanes of at least 4 members (excludes halogenated alkanes) is 12. The van der Waals surface area contributed by atoms with Crippen LogP contribution in [0.3, 0.4) is 0 Å². The average Bonchev–Trinajstić information content (AvgIpc) is 2.73. The zero-order valence-corrected chi connectivity index (χ0v) is 23.5. The van der Waals surface area contributed by atoms with Crippen LogP contribution in [-0.2, 0) is 27.9 Å². The van der Waals surface area contributed by atoms with Gasteiger partial charge in [-0.1, -0.05) is 84.0 Å². The summed E-state index contributed by atoms with van der Waals surface area (Å²) in [6, 6.07) is 0. The van der Waals surface area contributed by atoms with Crippen molar-refractivity contribution in [1.29, 1.82) is 0 Å². The maximum absolute atomic E-state index is 12.0. The Morgan fingerprint density at radius 2 is 1.29 bits per heavy atom. The lowest BCUT2D eigenvalue weighted by Crippen LogP contribution is -2.37. The summed E-state index contributed by atoms with van der Waals surface area (Å²) in [5, 5.41) is 0. The van der Waals surface area contributed by atoms with Crippen LogP contribution in [0.25, 0.3) is 0 Å². The molecular weight excluding hydrogens is 457 g/mol. The van der Waals surface area contributed by atoms with Crippen LogP contribution < -0.4 is 0 Å². The third kappa shape index (κ3) is 24.6. The van der Waals surface area contributed by atoms with Crippen molar-refractivity contribution in [2.75, 3.05) is 54.1 Å². The number of rotatable bonds is 24. The molecule has 0 bridgehead atoms. The van der Waals surface area contributed by atoms with Gasteiger partial charge in [0.25, 0.3) is 0 Å². The summed E-state index contributed by atoms with van der Waals surface area (Å²) in [5.74, 6) is -0.489. The molecule has 0 aliphatic rings. The molecule has 0 rings (SSSR count). The lowest BCUT2D eigenvalue weighted by Gasteiger charge is -2.24. The molecule has 1 N–H and O–H groups in total. The van der Waals surface area contributed by atoms with Crippen LogP contribution in [0.15, 0.2) is 0 Å². The summed E-state index contributed by atoms with van der Waals surface area (Å²) in [6.07, 6.45) is 16.0. The molecule has 0 aromatic rings. The zero-order valence-electron chi connectivity index (χ0n) is 22.6. The van der Waals surface area contributed by atoms with Gasteiger partial charge in [0.1, 0.15) is 19.3 Å². The number of phosphoric acid groups is 1. The number of hydrogen-bond donors (Lipinski definition) is 1. The topological polar surface area (TPSA) is 91.3 Å². The Hall–Kier alpha value is -0.500. The molecule has 0 saturated carbocycles. The highest BCUT2D eigenvalue weighted by Crippen LogP contribution is 2.43. The summed E-state index contributed by atoms with van der Waals surface area (Å²) in [5.41, 5.74) is 0. The molecule has 34 heavy (non-hydrogen) atoms. The molecule has 0 aromatic heterocycles. The van der Waals surface area contributed by atoms with Crippen LogP contribution in [0, 0.1) is 0 Å². The first-order valence-electron chi connectivity index (χ1n) is 13.2. The van der Waals surface area contributed by atoms with Gasteiger partial charge in [-0.2, -0.15) is 0 Å². The van der Waals surface area contributed by atoms with E-state index >= 15 is 0 Å². The maximum atomic E-state index is 12.0. The lowest BCUT2D eigenvalue weighted by molar-refractivity contribution is -0.870. The Labute approximate surface area is 208 Å². The third-order valence-electron chi connectivity index (χ3n) is 5.47. The molecule has 0 aliphatic carbocycles. The van der Waals surface area contributed by atoms with Crippen LogP contribution in [0.5, 0.6) is 0 Å². The number of carbonyl (C=O) groups is 1. The average molecular weight is 511 g/mol. The SMILES string of the molecule is CCCCCCCCCCCCCCCOC[C@H](COP(=O)(O)OCC[N+](C)(C)C)OC(C)=O. The van der Waals surface area contributed by atoms with Gasteiger partial charge < -0.3 is 18.9 Å². The molecule has 8 nitrogen and oxygen atoms in total. The Morgan fingerprint density at radius 3 is 1.76 bits per heavy atom. The van der Waals surface area contributed by atoms with Gasteiger partial charge in [-0.05, 0) is 6.42 Å². The van der Waals surface area contributed by atoms with Crippen LogP contribution >= 0.6 is 7.82 Å². The van der Waals surface area contributed by atoms with Crippen molar-refractivity contribution in [3.63, 3.8) is 0 Å². The van der Waals surface area contributed by atoms with Crippen LogP contribution in [-0.4, -0.2) is 75.6 Å². The van der Waals surface area contributed by atoms with Crippen molar-refractivity contribution in [3.05, 3.63) is 0 Å². The highest BCUT2D eigenvalue weighted by atomic mass is 31.2. The number of esters is 1. The van der Waals surface area contributed by atoms with E-state index in [4.69, 9.17) is 18.5 Å². The van der Waals surface area contributed by atoms with Crippen molar-refractivity contribution in [2.45, 2.75) is 103 Å². The summed E-state index contributed by atoms with van der Waals surface area (Å²) < 4.78 is 33.4. The summed E-state index contributed by atoms with van der Waals surface area (Å²) in [4.78, 5) is 21.1. The predicted molar refractivity (Wildman–Crippen MR) is 137 cm³/mol. The van der Waals surface area contributed by atoms with Gasteiger partial charge in [0.05, 0.1) is 34.4 Å². The molecule has 0 fully saturated rings. The molecule has 1 unspecified atom stereocenters. The quantitative estimate of drug-likeness (QED) is 0.0752. The highest BCUT2D eigenvalue weighted by Gasteiger charge is 2.25. The van der Waals surface area contributed by atoms with Crippen LogP contribution in [0.1, 0.15) is 97.3 Å². The maximum Gasteiger partial charge on any atom is 0.472 e. The Bertz CT molecular complexity index is 540. The normalized spacial score (nSPS) is 14.6. The molecule has 0 aromatic carbocycles. The van der Waals surface area contributed by atoms with Gasteiger partial charge in [0.15, 0.2) is 0 Å². The van der Waals surface area contributed by atoms with Crippen molar-refractivity contribution < 1.29 is 37.3 Å². The summed E-state index contributed by atoms with van der Waals surface area (Å²) in [7, 11) is 1.66. The first-order valence-corrected chi connectivity index (χ1v) is 14.7. The Kier molecular flexibility index (Phi) is 20.4. The second-order valence-corrected chi connectivity index (χ2v) is 11.6. The van der Waals surface area contributed by atoms with E-state index in [0.717, 1.165) is 12.8 Å². The highest BCUT2D eigenvalue weighted by molar-refractivity contribution is 7.47. The number of carbonyl (C=O) groups excluding carboxylic acids is 1. The lowest BCUT2D eigenvalue weighted by atomic mass is 10.0. The van der Waals surface area contributed by atoms with E-state index in [1.807, 2.05) is 21.1 Å². The fourth-order valence-corrected chi connectivity index (χ4v) is 4.17. The number of nitrogens with zero attached hydrogens (tertiary/aromatic N) is 1. The van der Waals surface area contributed by atoms with E-state index in [1.54, 1.807) is 0 Å². The molecular formula is C25H53NO7P+. The number of hydrogen-bond acceptors (Lipinski definition) is 6. The first-order chi connectivity index (χ1) is 16.1. The van der Waals surface area contributed by atoms with Crippen molar-refractivity contribution >= 4 is 13.8 Å². The first kappa shape index (κ1) is 33.5. The minimum Gasteiger partial charge on any atom is -0.458 e. The predicted octanol–water partition coefficient (Wildman–Crippen LogP) is 5.87. The second-order valence-electron chi connectivity index (χ2n) is 10.2. The fourth-order valence-electron chi connectivity index (χ4n) is 3.43. The molecule has 0 spiro atoms. The minimum absolute atomic E-state index is 0.0884. The van der Waals surface area contributed by atoms with E-state index in [9.17, 15) is 14.3 Å². The van der Waals surface area contributed by atoms with E-state index in [1.165, 1.54) is 77.6 Å². The molecule has 0 radical (unpaired) electrons. The van der Waals surface area contributed by atoms with Gasteiger partial charge in [0.2, 0.25) is 0 Å². The van der Waals surface area contributed by atoms with Gasteiger partial charge in [-0.15, -0.1) is 0 Å². The molecule has 204 valence electrons.